The summed E-state index contributed by atoms with van der Waals surface area (Å²) in [6, 6.07) is -0.827. The molecule has 11 nitrogen and oxygen atoms in total. The zero-order valence-electron chi connectivity index (χ0n) is 16.9. The number of β-lactam (4-membered cyclic amide) rings is 1. The van der Waals surface area contributed by atoms with Gasteiger partial charge in [-0.15, -0.1) is 34.4 Å². The van der Waals surface area contributed by atoms with E-state index in [4.69, 9.17) is 22.2 Å². The molecular formula is C18H18ClN6NaO5S3. The number of hydrogen-bond donors (Lipinski definition) is 3. The molecule has 0 bridgehead atoms. The number of nitrogens with zero attached hydrogens (tertiary/aromatic N) is 4. The standard InChI is InChI=1S/C18H17ClN6O5S3.Na.H/c1-30-24-10(8-4-31-17(20)22-8)13(26)23-11-14(27)25-5-18(16(28)29,6-32-15(11)25)3-2-9-12(19)21-7-33-9;;/h2-4,7,11,15H,5-6H2,1H3,(H2,20,22)(H,23,26)(H,28,29);;/t11?,15-,18?;;/m1../s1. The number of anilines is 1. The van der Waals surface area contributed by atoms with E-state index >= 15 is 0 Å². The summed E-state index contributed by atoms with van der Waals surface area (Å²) >= 11 is 9.69. The molecular weight excluding hydrogens is 535 g/mol. The molecule has 0 aliphatic carbocycles. The molecule has 2 saturated heterocycles. The van der Waals surface area contributed by atoms with Gasteiger partial charge in [-0.3, -0.25) is 14.4 Å². The van der Waals surface area contributed by atoms with Gasteiger partial charge < -0.3 is 25.9 Å². The SMILES string of the molecule is CON=C(C(=O)NC1C(=O)N2CC(C=Cc3scnc3Cl)(C(=O)O)CS[C@H]12)c1csc(N)n1.[NaH]. The minimum atomic E-state index is -1.29. The minimum absolute atomic E-state index is 0. The number of nitrogen functional groups attached to an aromatic ring is 1. The normalized spacial score (nSPS) is 24.2. The molecule has 2 aromatic rings. The maximum absolute atomic E-state index is 12.8. The van der Waals surface area contributed by atoms with E-state index in [1.165, 1.54) is 35.1 Å². The molecule has 0 aromatic carbocycles. The molecule has 2 unspecified atom stereocenters. The molecule has 16 heteroatoms. The van der Waals surface area contributed by atoms with Gasteiger partial charge in [0.15, 0.2) is 10.8 Å². The van der Waals surface area contributed by atoms with Crippen LogP contribution in [0.25, 0.3) is 6.08 Å². The predicted molar refractivity (Wildman–Crippen MR) is 133 cm³/mol. The maximum atomic E-state index is 12.8. The average molecular weight is 553 g/mol. The Bertz CT molecular complexity index is 1170. The number of thiazole rings is 2. The second-order valence-corrected chi connectivity index (χ2v) is 10.4. The average Bonchev–Trinajstić information content (AvgIpc) is 3.41. The molecule has 4 rings (SSSR count). The van der Waals surface area contributed by atoms with Crippen molar-refractivity contribution in [3.05, 3.63) is 32.7 Å². The number of carbonyl (C=O) groups is 3. The van der Waals surface area contributed by atoms with Crippen LogP contribution in [-0.2, 0) is 19.2 Å². The van der Waals surface area contributed by atoms with Crippen LogP contribution >= 0.6 is 46.0 Å². The van der Waals surface area contributed by atoms with E-state index in [9.17, 15) is 19.5 Å². The molecule has 0 saturated carbocycles. The molecule has 176 valence electrons. The van der Waals surface area contributed by atoms with Crippen molar-refractivity contribution in [3.63, 3.8) is 0 Å². The van der Waals surface area contributed by atoms with E-state index in [2.05, 4.69) is 20.4 Å². The Hall–Kier alpha value is -1.68. The number of carbonyl (C=O) groups excluding carboxylic acids is 2. The van der Waals surface area contributed by atoms with Crippen molar-refractivity contribution in [3.8, 4) is 0 Å². The Labute approximate surface area is 233 Å². The van der Waals surface area contributed by atoms with Gasteiger partial charge in [-0.2, -0.15) is 0 Å². The van der Waals surface area contributed by atoms with Crippen LogP contribution in [0.3, 0.4) is 0 Å². The van der Waals surface area contributed by atoms with E-state index in [-0.39, 0.29) is 69.5 Å². The molecule has 2 aliphatic rings. The van der Waals surface area contributed by atoms with Gasteiger partial charge in [0.1, 0.15) is 34.8 Å². The van der Waals surface area contributed by atoms with Crippen molar-refractivity contribution in [1.29, 1.82) is 0 Å². The van der Waals surface area contributed by atoms with Gasteiger partial charge in [-0.1, -0.05) is 22.8 Å². The third-order valence-corrected chi connectivity index (χ3v) is 8.51. The van der Waals surface area contributed by atoms with E-state index in [1.807, 2.05) is 0 Å². The van der Waals surface area contributed by atoms with Crippen LogP contribution in [0, 0.1) is 5.41 Å². The van der Waals surface area contributed by atoms with Crippen molar-refractivity contribution in [2.75, 3.05) is 25.1 Å². The Kier molecular flexibility index (Phi) is 8.65. The molecule has 2 aliphatic heterocycles. The first kappa shape index (κ1) is 26.9. The van der Waals surface area contributed by atoms with Gasteiger partial charge >= 0.3 is 35.5 Å². The first-order valence-corrected chi connectivity index (χ1v) is 12.5. The summed E-state index contributed by atoms with van der Waals surface area (Å²) in [5, 5.41) is 18.0. The van der Waals surface area contributed by atoms with Gasteiger partial charge in [-0.05, 0) is 6.08 Å². The number of carboxylic acids is 1. The summed E-state index contributed by atoms with van der Waals surface area (Å²) in [6.07, 6.45) is 3.17. The number of hydrogen-bond acceptors (Lipinski definition) is 11. The summed E-state index contributed by atoms with van der Waals surface area (Å²) in [6.45, 7) is -0.0280. The predicted octanol–water partition coefficient (Wildman–Crippen LogP) is 0.721. The van der Waals surface area contributed by atoms with E-state index in [0.717, 1.165) is 11.3 Å². The first-order valence-electron chi connectivity index (χ1n) is 9.33. The molecule has 4 N–H and O–H groups in total. The van der Waals surface area contributed by atoms with Crippen LogP contribution in [0.15, 0.2) is 22.1 Å². The van der Waals surface area contributed by atoms with Crippen LogP contribution in [0.4, 0.5) is 5.13 Å². The van der Waals surface area contributed by atoms with Crippen LogP contribution < -0.4 is 11.1 Å². The van der Waals surface area contributed by atoms with Gasteiger partial charge in [0.05, 0.1) is 10.4 Å². The fourth-order valence-electron chi connectivity index (χ4n) is 3.38. The Morgan fingerprint density at radius 1 is 1.47 bits per heavy atom. The second-order valence-electron chi connectivity index (χ2n) is 7.11. The van der Waals surface area contributed by atoms with Crippen molar-refractivity contribution < 1.29 is 24.3 Å². The van der Waals surface area contributed by atoms with Gasteiger partial charge in [0.2, 0.25) is 5.91 Å². The number of oxime groups is 1. The van der Waals surface area contributed by atoms with Crippen LogP contribution in [0.5, 0.6) is 0 Å². The molecule has 2 amide bonds. The zero-order chi connectivity index (χ0) is 23.8. The Balaban J connectivity index is 0.00000324. The molecule has 2 aromatic heterocycles. The number of amides is 2. The second kappa shape index (κ2) is 10.9. The Morgan fingerprint density at radius 3 is 2.82 bits per heavy atom. The number of nitrogens with two attached hydrogens (primary N) is 1. The fraction of sp³-hybridized carbons (Fsp3) is 0.333. The summed E-state index contributed by atoms with van der Waals surface area (Å²) in [5.41, 5.74) is 6.02. The molecule has 2 fully saturated rings. The molecule has 4 heterocycles. The van der Waals surface area contributed by atoms with Gasteiger partial charge in [-0.25, -0.2) is 9.97 Å². The first-order chi connectivity index (χ1) is 15.8. The number of thioether (sulfide) groups is 1. The summed E-state index contributed by atoms with van der Waals surface area (Å²) in [5.74, 6) is -1.88. The quantitative estimate of drug-likeness (QED) is 0.194. The van der Waals surface area contributed by atoms with E-state index in [1.54, 1.807) is 23.0 Å². The number of halogens is 1. The van der Waals surface area contributed by atoms with Crippen molar-refractivity contribution >= 4 is 110 Å². The van der Waals surface area contributed by atoms with Crippen molar-refractivity contribution in [2.45, 2.75) is 11.4 Å². The van der Waals surface area contributed by atoms with Gasteiger partial charge in [0, 0.05) is 17.7 Å². The Morgan fingerprint density at radius 2 is 2.24 bits per heavy atom. The summed E-state index contributed by atoms with van der Waals surface area (Å²) < 4.78 is 0. The molecule has 34 heavy (non-hydrogen) atoms. The van der Waals surface area contributed by atoms with Crippen molar-refractivity contribution in [2.24, 2.45) is 10.6 Å². The summed E-state index contributed by atoms with van der Waals surface area (Å²) in [7, 11) is 1.29. The van der Waals surface area contributed by atoms with Crippen LogP contribution in [0.2, 0.25) is 5.15 Å². The number of fused-ring (bicyclic) bond motifs is 1. The van der Waals surface area contributed by atoms with E-state index < -0.39 is 28.7 Å². The number of nitrogens with one attached hydrogen (secondary N) is 1. The molecule has 3 atom stereocenters. The molecule has 0 spiro atoms. The fourth-order valence-corrected chi connectivity index (χ4v) is 6.32. The topological polar surface area (TPSA) is 160 Å². The number of aromatic nitrogens is 2. The third-order valence-electron chi connectivity index (χ3n) is 5.08. The summed E-state index contributed by atoms with van der Waals surface area (Å²) in [4.78, 5) is 52.5. The monoisotopic (exact) mass is 552 g/mol. The number of rotatable bonds is 7. The zero-order valence-corrected chi connectivity index (χ0v) is 20.1. The number of aliphatic carboxylic acids is 1. The third kappa shape index (κ3) is 5.12. The molecule has 0 radical (unpaired) electrons. The van der Waals surface area contributed by atoms with E-state index in [0.29, 0.717) is 4.88 Å². The van der Waals surface area contributed by atoms with Crippen molar-refractivity contribution in [1.82, 2.24) is 20.2 Å². The number of carboxylic acid groups (broad SMARTS) is 1. The van der Waals surface area contributed by atoms with Crippen LogP contribution in [-0.4, -0.2) is 104 Å². The van der Waals surface area contributed by atoms with Crippen LogP contribution in [0.1, 0.15) is 10.6 Å². The van der Waals surface area contributed by atoms with Gasteiger partial charge in [0.25, 0.3) is 5.91 Å².